The minimum atomic E-state index is -4.25. The monoisotopic (exact) mass is 433 g/mol. The molecule has 30 heavy (non-hydrogen) atoms. The highest BCUT2D eigenvalue weighted by atomic mass is 32.2. The van der Waals surface area contributed by atoms with E-state index in [1.807, 2.05) is 0 Å². The Balaban J connectivity index is 0.000000375. The van der Waals surface area contributed by atoms with Crippen molar-refractivity contribution in [3.8, 4) is 0 Å². The van der Waals surface area contributed by atoms with Crippen molar-refractivity contribution in [2.24, 2.45) is 0 Å². The van der Waals surface area contributed by atoms with Gasteiger partial charge in [-0.25, -0.2) is 8.42 Å². The molecular weight excluding hydrogens is 394 g/mol. The summed E-state index contributed by atoms with van der Waals surface area (Å²) in [7, 11) is -4.25. The Hall–Kier alpha value is -1.69. The van der Waals surface area contributed by atoms with Crippen LogP contribution in [0.5, 0.6) is 0 Å². The molecular formula is C25H39NO3S. The van der Waals surface area contributed by atoms with Crippen LogP contribution in [-0.4, -0.2) is 37.1 Å². The van der Waals surface area contributed by atoms with E-state index in [-0.39, 0.29) is 4.90 Å². The van der Waals surface area contributed by atoms with Crippen LogP contribution in [0.4, 0.5) is 0 Å². The van der Waals surface area contributed by atoms with Crippen molar-refractivity contribution in [1.82, 2.24) is 0 Å². The maximum absolute atomic E-state index is 10.3. The zero-order chi connectivity index (χ0) is 22.3. The third-order valence-electron chi connectivity index (χ3n) is 5.35. The third kappa shape index (κ3) is 10.4. The largest absolute Gasteiger partial charge is 0.744 e. The zero-order valence-corrected chi connectivity index (χ0v) is 19.7. The molecule has 4 nitrogen and oxygen atoms in total. The molecule has 168 valence electrons. The van der Waals surface area contributed by atoms with Crippen LogP contribution >= 0.6 is 0 Å². The molecule has 0 spiro atoms. The first-order chi connectivity index (χ1) is 14.4. The van der Waals surface area contributed by atoms with Crippen LogP contribution in [0.15, 0.2) is 65.6 Å². The average molecular weight is 434 g/mol. The number of nitrogens with zero attached hydrogens (tertiary/aromatic N) is 1. The van der Waals surface area contributed by atoms with Crippen molar-refractivity contribution in [3.05, 3.63) is 66.2 Å². The van der Waals surface area contributed by atoms with Crippen molar-refractivity contribution in [2.75, 3.05) is 19.6 Å². The average Bonchev–Trinajstić information content (AvgIpc) is 2.76. The summed E-state index contributed by atoms with van der Waals surface area (Å²) in [4.78, 5) is -0.185. The molecule has 2 aromatic carbocycles. The van der Waals surface area contributed by atoms with Crippen LogP contribution in [0.3, 0.4) is 0 Å². The number of unbranched alkanes of at least 4 members (excludes halogenated alkanes) is 3. The van der Waals surface area contributed by atoms with Gasteiger partial charge in [0, 0.05) is 5.56 Å². The van der Waals surface area contributed by atoms with Crippen molar-refractivity contribution < 1.29 is 17.5 Å². The van der Waals surface area contributed by atoms with Crippen molar-refractivity contribution in [2.45, 2.75) is 70.7 Å². The highest BCUT2D eigenvalue weighted by molar-refractivity contribution is 7.85. The van der Waals surface area contributed by atoms with Crippen molar-refractivity contribution >= 4 is 10.1 Å². The van der Waals surface area contributed by atoms with Crippen molar-refractivity contribution in [1.29, 1.82) is 0 Å². The topological polar surface area (TPSA) is 57.2 Å². The lowest BCUT2D eigenvalue weighted by Crippen LogP contribution is -2.49. The fourth-order valence-corrected chi connectivity index (χ4v) is 4.10. The van der Waals surface area contributed by atoms with Gasteiger partial charge < -0.3 is 9.04 Å². The summed E-state index contributed by atoms with van der Waals surface area (Å²) < 4.78 is 32.1. The lowest BCUT2D eigenvalue weighted by atomic mass is 10.1. The number of quaternary nitrogens is 1. The summed E-state index contributed by atoms with van der Waals surface area (Å²) in [5.74, 6) is 0. The summed E-state index contributed by atoms with van der Waals surface area (Å²) in [6.07, 6.45) is 8.02. The molecule has 0 amide bonds. The van der Waals surface area contributed by atoms with Gasteiger partial charge in [-0.05, 0) is 31.4 Å². The first-order valence-corrected chi connectivity index (χ1v) is 12.7. The molecule has 0 aliphatic rings. The molecule has 0 aliphatic carbocycles. The number of hydrogen-bond acceptors (Lipinski definition) is 3. The summed E-state index contributed by atoms with van der Waals surface area (Å²) in [5.41, 5.74) is 1.51. The Labute approximate surface area is 184 Å². The summed E-state index contributed by atoms with van der Waals surface area (Å²) in [6, 6.07) is 18.3. The van der Waals surface area contributed by atoms with E-state index in [4.69, 9.17) is 0 Å². The maximum Gasteiger partial charge on any atom is 0.124 e. The van der Waals surface area contributed by atoms with Gasteiger partial charge in [-0.1, -0.05) is 88.6 Å². The molecule has 0 aromatic heterocycles. The lowest BCUT2D eigenvalue weighted by Gasteiger charge is -2.39. The van der Waals surface area contributed by atoms with Crippen molar-refractivity contribution in [3.63, 3.8) is 0 Å². The normalized spacial score (nSPS) is 11.6. The van der Waals surface area contributed by atoms with Gasteiger partial charge in [-0.3, -0.25) is 0 Å². The molecule has 5 heteroatoms. The molecule has 0 radical (unpaired) electrons. The van der Waals surface area contributed by atoms with Gasteiger partial charge in [0.1, 0.15) is 16.7 Å². The second kappa shape index (κ2) is 14.3. The molecule has 0 aliphatic heterocycles. The van der Waals surface area contributed by atoms with E-state index in [1.165, 1.54) is 99.0 Å². The van der Waals surface area contributed by atoms with E-state index >= 15 is 0 Å². The van der Waals surface area contributed by atoms with Gasteiger partial charge in [0.25, 0.3) is 0 Å². The molecule has 0 atom stereocenters. The standard InChI is InChI=1S/C19H34N.C6H6O3S/c1-4-7-15-20(16-8-5-2,17-9-6-3)18-19-13-11-10-12-14-19;7-10(8,9)6-4-2-1-3-5-6/h10-14H,4-9,15-18H2,1-3H3;1-5H,(H,7,8,9)/q+1;/p-1. The van der Waals surface area contributed by atoms with Gasteiger partial charge >= 0.3 is 0 Å². The Morgan fingerprint density at radius 1 is 0.700 bits per heavy atom. The maximum atomic E-state index is 10.3. The molecule has 2 rings (SSSR count). The first kappa shape index (κ1) is 26.3. The van der Waals surface area contributed by atoms with Crippen LogP contribution in [0.25, 0.3) is 0 Å². The Morgan fingerprint density at radius 2 is 1.10 bits per heavy atom. The smallest absolute Gasteiger partial charge is 0.124 e. The minimum Gasteiger partial charge on any atom is -0.744 e. The molecule has 2 aromatic rings. The van der Waals surface area contributed by atoms with Crippen LogP contribution in [0.2, 0.25) is 0 Å². The molecule has 0 saturated carbocycles. The lowest BCUT2D eigenvalue weighted by molar-refractivity contribution is -0.941. The Kier molecular flexibility index (Phi) is 12.6. The van der Waals surface area contributed by atoms with Crippen LogP contribution in [-0.2, 0) is 16.7 Å². The number of rotatable bonds is 12. The van der Waals surface area contributed by atoms with E-state index in [9.17, 15) is 13.0 Å². The van der Waals surface area contributed by atoms with E-state index in [0.29, 0.717) is 0 Å². The molecule has 0 saturated heterocycles. The quantitative estimate of drug-likeness (QED) is 0.305. The van der Waals surface area contributed by atoms with Crippen LogP contribution in [0, 0.1) is 0 Å². The summed E-state index contributed by atoms with van der Waals surface area (Å²) >= 11 is 0. The molecule has 0 unspecified atom stereocenters. The summed E-state index contributed by atoms with van der Waals surface area (Å²) in [5, 5.41) is 0. The van der Waals surface area contributed by atoms with Crippen LogP contribution < -0.4 is 0 Å². The predicted octanol–water partition coefficient (Wildman–Crippen LogP) is 5.99. The highest BCUT2D eigenvalue weighted by Crippen LogP contribution is 2.19. The zero-order valence-electron chi connectivity index (χ0n) is 18.9. The second-order valence-electron chi connectivity index (χ2n) is 7.98. The molecule has 0 N–H and O–H groups in total. The first-order valence-electron chi connectivity index (χ1n) is 11.3. The Morgan fingerprint density at radius 3 is 1.43 bits per heavy atom. The van der Waals surface area contributed by atoms with Gasteiger partial charge in [0.15, 0.2) is 0 Å². The minimum absolute atomic E-state index is 0.185. The van der Waals surface area contributed by atoms with Gasteiger partial charge in [-0.2, -0.15) is 0 Å². The number of benzene rings is 2. The predicted molar refractivity (Wildman–Crippen MR) is 124 cm³/mol. The fourth-order valence-electron chi connectivity index (χ4n) is 3.61. The van der Waals surface area contributed by atoms with Gasteiger partial charge in [0.05, 0.1) is 24.5 Å². The summed E-state index contributed by atoms with van der Waals surface area (Å²) in [6.45, 7) is 12.2. The fraction of sp³-hybridized carbons (Fsp3) is 0.520. The SMILES string of the molecule is CCCC[N+](CCCC)(CCCC)Cc1ccccc1.O=S(=O)([O-])c1ccccc1. The number of hydrogen-bond donors (Lipinski definition) is 0. The molecule has 0 bridgehead atoms. The van der Waals surface area contributed by atoms with E-state index < -0.39 is 10.1 Å². The van der Waals surface area contributed by atoms with E-state index in [1.54, 1.807) is 6.07 Å². The van der Waals surface area contributed by atoms with Gasteiger partial charge in [0.2, 0.25) is 0 Å². The van der Waals surface area contributed by atoms with E-state index in [0.717, 1.165) is 0 Å². The highest BCUT2D eigenvalue weighted by Gasteiger charge is 2.26. The van der Waals surface area contributed by atoms with E-state index in [2.05, 4.69) is 51.1 Å². The Bertz CT molecular complexity index is 755. The van der Waals surface area contributed by atoms with Crippen LogP contribution in [0.1, 0.15) is 64.9 Å². The third-order valence-corrected chi connectivity index (χ3v) is 6.20. The molecule has 0 fully saturated rings. The molecule has 0 heterocycles. The van der Waals surface area contributed by atoms with Gasteiger partial charge in [-0.15, -0.1) is 0 Å². The second-order valence-corrected chi connectivity index (χ2v) is 9.36.